The molecule has 5 heteroatoms. The highest BCUT2D eigenvalue weighted by Gasteiger charge is 2.43. The van der Waals surface area contributed by atoms with Crippen LogP contribution in [0.25, 0.3) is 0 Å². The monoisotopic (exact) mass is 268 g/mol. The highest BCUT2D eigenvalue weighted by atomic mass is 16.4. The second-order valence-electron chi connectivity index (χ2n) is 5.73. The summed E-state index contributed by atoms with van der Waals surface area (Å²) in [5.74, 6) is -1.14. The topological polar surface area (TPSA) is 69.6 Å². The number of carboxylic acids is 1. The first-order valence-electron chi connectivity index (χ1n) is 7.35. The van der Waals surface area contributed by atoms with Gasteiger partial charge in [-0.1, -0.05) is 13.3 Å². The quantitative estimate of drug-likeness (QED) is 0.799. The lowest BCUT2D eigenvalue weighted by Gasteiger charge is -2.25. The fourth-order valence-corrected chi connectivity index (χ4v) is 3.32. The van der Waals surface area contributed by atoms with E-state index in [1.54, 1.807) is 0 Å². The molecular formula is C14H24N2O3. The summed E-state index contributed by atoms with van der Waals surface area (Å²) in [5.41, 5.74) is 0. The zero-order valence-corrected chi connectivity index (χ0v) is 11.6. The maximum absolute atomic E-state index is 12.6. The zero-order chi connectivity index (χ0) is 13.8. The molecule has 1 heterocycles. The van der Waals surface area contributed by atoms with Crippen LogP contribution in [0.15, 0.2) is 0 Å². The summed E-state index contributed by atoms with van der Waals surface area (Å²) >= 11 is 0. The van der Waals surface area contributed by atoms with Gasteiger partial charge in [-0.25, -0.2) is 0 Å². The summed E-state index contributed by atoms with van der Waals surface area (Å²) in [7, 11) is 0. The van der Waals surface area contributed by atoms with Crippen molar-refractivity contribution in [3.8, 4) is 0 Å². The molecule has 1 saturated heterocycles. The minimum Gasteiger partial charge on any atom is -0.481 e. The van der Waals surface area contributed by atoms with Gasteiger partial charge in [0, 0.05) is 19.6 Å². The van der Waals surface area contributed by atoms with Crippen molar-refractivity contribution >= 4 is 11.9 Å². The molecule has 2 aliphatic rings. The van der Waals surface area contributed by atoms with Crippen LogP contribution in [0.3, 0.4) is 0 Å². The van der Waals surface area contributed by atoms with Gasteiger partial charge in [-0.05, 0) is 31.7 Å². The number of carboxylic acid groups (broad SMARTS) is 1. The van der Waals surface area contributed by atoms with E-state index in [-0.39, 0.29) is 11.8 Å². The van der Waals surface area contributed by atoms with Crippen molar-refractivity contribution in [2.45, 2.75) is 32.6 Å². The molecule has 0 aromatic heterocycles. The molecule has 1 aliphatic carbocycles. The molecule has 108 valence electrons. The number of hydrogen-bond donors (Lipinski definition) is 2. The highest BCUT2D eigenvalue weighted by Crippen LogP contribution is 2.39. The van der Waals surface area contributed by atoms with E-state index in [0.29, 0.717) is 18.9 Å². The van der Waals surface area contributed by atoms with Gasteiger partial charge >= 0.3 is 5.97 Å². The van der Waals surface area contributed by atoms with E-state index in [4.69, 9.17) is 0 Å². The molecule has 0 aromatic rings. The number of carbonyl (C=O) groups excluding carboxylic acids is 1. The van der Waals surface area contributed by atoms with Gasteiger partial charge in [0.25, 0.3) is 0 Å². The Bertz CT molecular complexity index is 338. The van der Waals surface area contributed by atoms with Crippen molar-refractivity contribution < 1.29 is 14.7 Å². The van der Waals surface area contributed by atoms with Crippen molar-refractivity contribution in [3.63, 3.8) is 0 Å². The molecule has 0 bridgehead atoms. The van der Waals surface area contributed by atoms with Crippen LogP contribution >= 0.6 is 0 Å². The summed E-state index contributed by atoms with van der Waals surface area (Å²) in [6.07, 6.45) is 3.33. The summed E-state index contributed by atoms with van der Waals surface area (Å²) in [5, 5.41) is 12.6. The van der Waals surface area contributed by atoms with Crippen LogP contribution in [0, 0.1) is 17.8 Å². The fraction of sp³-hybridized carbons (Fsp3) is 0.857. The number of hydrogen-bond acceptors (Lipinski definition) is 3. The predicted octanol–water partition coefficient (Wildman–Crippen LogP) is 0.945. The van der Waals surface area contributed by atoms with Crippen molar-refractivity contribution in [2.75, 3.05) is 26.2 Å². The third kappa shape index (κ3) is 3.26. The smallest absolute Gasteiger partial charge is 0.307 e. The second-order valence-corrected chi connectivity index (χ2v) is 5.73. The lowest BCUT2D eigenvalue weighted by Crippen LogP contribution is -2.41. The van der Waals surface area contributed by atoms with Crippen LogP contribution in [-0.4, -0.2) is 48.1 Å². The van der Waals surface area contributed by atoms with Crippen LogP contribution in [-0.2, 0) is 9.59 Å². The summed E-state index contributed by atoms with van der Waals surface area (Å²) in [6, 6.07) is 0. The molecule has 1 saturated carbocycles. The Hall–Kier alpha value is -1.10. The molecule has 0 radical (unpaired) electrons. The van der Waals surface area contributed by atoms with Crippen molar-refractivity contribution in [1.29, 1.82) is 0 Å². The normalized spacial score (nSPS) is 32.1. The summed E-state index contributed by atoms with van der Waals surface area (Å²) in [4.78, 5) is 25.8. The Morgan fingerprint density at radius 3 is 2.63 bits per heavy atom. The lowest BCUT2D eigenvalue weighted by molar-refractivity contribution is -0.149. The van der Waals surface area contributed by atoms with Crippen LogP contribution in [0.4, 0.5) is 0 Å². The minimum absolute atomic E-state index is 0.0621. The molecule has 1 amide bonds. The van der Waals surface area contributed by atoms with Gasteiger partial charge in [0.05, 0.1) is 11.8 Å². The third-order valence-electron chi connectivity index (χ3n) is 4.52. The van der Waals surface area contributed by atoms with Crippen molar-refractivity contribution in [3.05, 3.63) is 0 Å². The Balaban J connectivity index is 2.05. The molecule has 0 spiro atoms. The fourth-order valence-electron chi connectivity index (χ4n) is 3.32. The van der Waals surface area contributed by atoms with Gasteiger partial charge in [-0.3, -0.25) is 9.59 Å². The first-order chi connectivity index (χ1) is 9.13. The largest absolute Gasteiger partial charge is 0.481 e. The van der Waals surface area contributed by atoms with E-state index in [0.717, 1.165) is 38.9 Å². The molecular weight excluding hydrogens is 244 g/mol. The minimum atomic E-state index is -0.803. The average Bonchev–Trinajstić information content (AvgIpc) is 2.65. The number of aliphatic carboxylic acids is 1. The number of nitrogens with one attached hydrogen (secondary N) is 1. The highest BCUT2D eigenvalue weighted by molar-refractivity contribution is 5.85. The van der Waals surface area contributed by atoms with Crippen LogP contribution < -0.4 is 5.32 Å². The zero-order valence-electron chi connectivity index (χ0n) is 11.6. The molecule has 2 rings (SSSR count). The molecule has 1 unspecified atom stereocenters. The Labute approximate surface area is 114 Å². The number of amides is 1. The van der Waals surface area contributed by atoms with E-state index >= 15 is 0 Å². The van der Waals surface area contributed by atoms with E-state index < -0.39 is 11.9 Å². The van der Waals surface area contributed by atoms with Gasteiger partial charge in [0.1, 0.15) is 0 Å². The van der Waals surface area contributed by atoms with Gasteiger partial charge in [-0.2, -0.15) is 0 Å². The van der Waals surface area contributed by atoms with Gasteiger partial charge < -0.3 is 15.3 Å². The van der Waals surface area contributed by atoms with Gasteiger partial charge in [0.15, 0.2) is 0 Å². The van der Waals surface area contributed by atoms with E-state index in [2.05, 4.69) is 12.2 Å². The summed E-state index contributed by atoms with van der Waals surface area (Å²) < 4.78 is 0. The Morgan fingerprint density at radius 2 is 1.95 bits per heavy atom. The van der Waals surface area contributed by atoms with Crippen molar-refractivity contribution in [2.24, 2.45) is 17.8 Å². The molecule has 1 aliphatic heterocycles. The molecule has 19 heavy (non-hydrogen) atoms. The van der Waals surface area contributed by atoms with Crippen LogP contribution in [0.5, 0.6) is 0 Å². The first kappa shape index (κ1) is 14.3. The average molecular weight is 268 g/mol. The number of carbonyl (C=O) groups is 2. The molecule has 3 atom stereocenters. The van der Waals surface area contributed by atoms with Gasteiger partial charge in [0.2, 0.25) is 5.91 Å². The second kappa shape index (κ2) is 6.37. The maximum Gasteiger partial charge on any atom is 0.307 e. The molecule has 2 fully saturated rings. The van der Waals surface area contributed by atoms with E-state index in [1.807, 2.05) is 4.90 Å². The standard InChI is InChI=1S/C14H24N2O3/c1-2-10-8-11(12(9-10)14(18)19)13(17)16-6-3-4-15-5-7-16/h10-12,15H,2-9H2,1H3,(H,18,19)/t10?,11-,12+/m0/s1. The third-order valence-corrected chi connectivity index (χ3v) is 4.52. The van der Waals surface area contributed by atoms with Crippen molar-refractivity contribution in [1.82, 2.24) is 10.2 Å². The Morgan fingerprint density at radius 1 is 1.21 bits per heavy atom. The van der Waals surface area contributed by atoms with Crippen LogP contribution in [0.1, 0.15) is 32.6 Å². The number of rotatable bonds is 3. The van der Waals surface area contributed by atoms with E-state index in [1.165, 1.54) is 0 Å². The molecule has 0 aromatic carbocycles. The predicted molar refractivity (Wildman–Crippen MR) is 71.7 cm³/mol. The SMILES string of the molecule is CCC1C[C@H](C(=O)N2CCCNCC2)[C@H](C(=O)O)C1. The van der Waals surface area contributed by atoms with Gasteiger partial charge in [-0.15, -0.1) is 0 Å². The Kier molecular flexibility index (Phi) is 4.80. The summed E-state index contributed by atoms with van der Waals surface area (Å²) in [6.45, 7) is 5.29. The molecule has 2 N–H and O–H groups in total. The van der Waals surface area contributed by atoms with E-state index in [9.17, 15) is 14.7 Å². The number of nitrogens with zero attached hydrogens (tertiary/aromatic N) is 1. The lowest BCUT2D eigenvalue weighted by atomic mass is 9.94. The molecule has 5 nitrogen and oxygen atoms in total. The van der Waals surface area contributed by atoms with Crippen LogP contribution in [0.2, 0.25) is 0 Å². The first-order valence-corrected chi connectivity index (χ1v) is 7.35. The maximum atomic E-state index is 12.6.